The van der Waals surface area contributed by atoms with Crippen LogP contribution in [0, 0.1) is 0 Å². The third-order valence-corrected chi connectivity index (χ3v) is 2.23. The van der Waals surface area contributed by atoms with Gasteiger partial charge >= 0.3 is 0 Å². The summed E-state index contributed by atoms with van der Waals surface area (Å²) in [6.45, 7) is 2.62. The summed E-state index contributed by atoms with van der Waals surface area (Å²) in [5.41, 5.74) is 0. The van der Waals surface area contributed by atoms with Gasteiger partial charge in [-0.2, -0.15) is 0 Å². The number of hydrogen-bond donors (Lipinski definition) is 3. The lowest BCUT2D eigenvalue weighted by molar-refractivity contribution is 0.0548. The summed E-state index contributed by atoms with van der Waals surface area (Å²) < 4.78 is 0. The number of aliphatic hydroxyl groups excluding tert-OH is 2. The highest BCUT2D eigenvalue weighted by Gasteiger charge is 2.26. The van der Waals surface area contributed by atoms with Crippen molar-refractivity contribution < 1.29 is 10.2 Å². The molecule has 0 radical (unpaired) electrons. The Bertz CT molecular complexity index is 113. The summed E-state index contributed by atoms with van der Waals surface area (Å²) in [5, 5.41) is 21.3. The molecular formula is C8H17NO2. The van der Waals surface area contributed by atoms with E-state index in [1.54, 1.807) is 0 Å². The predicted molar refractivity (Wildman–Crippen MR) is 43.3 cm³/mol. The maximum Gasteiger partial charge on any atom is 0.0662 e. The fourth-order valence-electron chi connectivity index (χ4n) is 1.20. The van der Waals surface area contributed by atoms with Crippen LogP contribution in [0.1, 0.15) is 26.2 Å². The molecule has 1 unspecified atom stereocenters. The molecule has 11 heavy (non-hydrogen) atoms. The van der Waals surface area contributed by atoms with Crippen molar-refractivity contribution in [1.82, 2.24) is 5.32 Å². The molecule has 1 fully saturated rings. The molecule has 3 heteroatoms. The number of nitrogens with one attached hydrogen (secondary N) is 1. The minimum atomic E-state index is -0.229. The second-order valence-electron chi connectivity index (χ2n) is 3.29. The van der Waals surface area contributed by atoms with Crippen LogP contribution in [0.2, 0.25) is 0 Å². The van der Waals surface area contributed by atoms with E-state index < -0.39 is 0 Å². The summed E-state index contributed by atoms with van der Waals surface area (Å²) >= 11 is 0. The Hall–Kier alpha value is -0.120. The van der Waals surface area contributed by atoms with Gasteiger partial charge in [-0.15, -0.1) is 0 Å². The molecule has 0 aromatic rings. The van der Waals surface area contributed by atoms with Crippen molar-refractivity contribution in [3.63, 3.8) is 0 Å². The van der Waals surface area contributed by atoms with Gasteiger partial charge in [0.2, 0.25) is 0 Å². The molecule has 1 aliphatic carbocycles. The lowest BCUT2D eigenvalue weighted by atomic mass is 9.89. The lowest BCUT2D eigenvalue weighted by Gasteiger charge is -2.32. The first kappa shape index (κ1) is 8.97. The third-order valence-electron chi connectivity index (χ3n) is 2.23. The van der Waals surface area contributed by atoms with Gasteiger partial charge in [-0.3, -0.25) is 0 Å². The van der Waals surface area contributed by atoms with Gasteiger partial charge in [-0.05, 0) is 19.3 Å². The van der Waals surface area contributed by atoms with Crippen molar-refractivity contribution in [3.05, 3.63) is 0 Å². The minimum absolute atomic E-state index is 0.105. The van der Waals surface area contributed by atoms with E-state index in [0.29, 0.717) is 12.6 Å². The zero-order valence-corrected chi connectivity index (χ0v) is 6.95. The fourth-order valence-corrected chi connectivity index (χ4v) is 1.20. The Morgan fingerprint density at radius 2 is 2.18 bits per heavy atom. The largest absolute Gasteiger partial charge is 0.393 e. The molecule has 0 aromatic carbocycles. The Labute approximate surface area is 67.4 Å². The SMILES string of the molecule is CCC(O)CNC1CC(O)C1. The molecule has 3 N–H and O–H groups in total. The molecule has 0 amide bonds. The fraction of sp³-hybridized carbons (Fsp3) is 1.00. The van der Waals surface area contributed by atoms with Crippen LogP contribution >= 0.6 is 0 Å². The summed E-state index contributed by atoms with van der Waals surface area (Å²) in [5.74, 6) is 0. The average molecular weight is 159 g/mol. The lowest BCUT2D eigenvalue weighted by Crippen LogP contribution is -2.46. The molecule has 0 spiro atoms. The maximum atomic E-state index is 9.17. The van der Waals surface area contributed by atoms with E-state index in [-0.39, 0.29) is 12.2 Å². The summed E-state index contributed by atoms with van der Waals surface area (Å²) in [7, 11) is 0. The molecule has 0 saturated heterocycles. The smallest absolute Gasteiger partial charge is 0.0662 e. The Morgan fingerprint density at radius 3 is 2.64 bits per heavy atom. The normalized spacial score (nSPS) is 33.0. The molecule has 0 bridgehead atoms. The number of hydrogen-bond acceptors (Lipinski definition) is 3. The number of rotatable bonds is 4. The van der Waals surface area contributed by atoms with Crippen molar-refractivity contribution in [1.29, 1.82) is 0 Å². The molecule has 0 heterocycles. The Kier molecular flexibility index (Phi) is 3.30. The zero-order valence-electron chi connectivity index (χ0n) is 6.95. The van der Waals surface area contributed by atoms with Gasteiger partial charge in [0.15, 0.2) is 0 Å². The second-order valence-corrected chi connectivity index (χ2v) is 3.29. The molecule has 1 saturated carbocycles. The highest BCUT2D eigenvalue weighted by atomic mass is 16.3. The highest BCUT2D eigenvalue weighted by Crippen LogP contribution is 2.18. The summed E-state index contributed by atoms with van der Waals surface area (Å²) in [6, 6.07) is 0.436. The van der Waals surface area contributed by atoms with E-state index in [4.69, 9.17) is 10.2 Å². The van der Waals surface area contributed by atoms with Crippen molar-refractivity contribution in [3.8, 4) is 0 Å². The molecule has 66 valence electrons. The number of aliphatic hydroxyl groups is 2. The van der Waals surface area contributed by atoms with E-state index in [0.717, 1.165) is 19.3 Å². The van der Waals surface area contributed by atoms with Gasteiger partial charge in [-0.1, -0.05) is 6.92 Å². The Balaban J connectivity index is 1.96. The van der Waals surface area contributed by atoms with Crippen LogP contribution in [0.4, 0.5) is 0 Å². The topological polar surface area (TPSA) is 52.5 Å². The molecule has 3 nitrogen and oxygen atoms in total. The molecule has 1 rings (SSSR count). The van der Waals surface area contributed by atoms with Crippen molar-refractivity contribution in [2.45, 2.75) is 44.4 Å². The first-order valence-corrected chi connectivity index (χ1v) is 4.32. The summed E-state index contributed by atoms with van der Waals surface area (Å²) in [4.78, 5) is 0. The highest BCUT2D eigenvalue weighted by molar-refractivity contribution is 4.84. The van der Waals surface area contributed by atoms with Gasteiger partial charge < -0.3 is 15.5 Å². The van der Waals surface area contributed by atoms with Crippen molar-refractivity contribution >= 4 is 0 Å². The van der Waals surface area contributed by atoms with Crippen LogP contribution in [0.5, 0.6) is 0 Å². The van der Waals surface area contributed by atoms with Crippen LogP contribution in [0.25, 0.3) is 0 Å². The van der Waals surface area contributed by atoms with Gasteiger partial charge in [0.05, 0.1) is 12.2 Å². The van der Waals surface area contributed by atoms with E-state index in [2.05, 4.69) is 5.32 Å². The Morgan fingerprint density at radius 1 is 1.55 bits per heavy atom. The van der Waals surface area contributed by atoms with Crippen LogP contribution < -0.4 is 5.32 Å². The maximum absolute atomic E-state index is 9.17. The zero-order chi connectivity index (χ0) is 8.27. The van der Waals surface area contributed by atoms with Crippen LogP contribution in [0.3, 0.4) is 0 Å². The van der Waals surface area contributed by atoms with Crippen LogP contribution in [-0.4, -0.2) is 35.0 Å². The van der Waals surface area contributed by atoms with Crippen LogP contribution in [0.15, 0.2) is 0 Å². The van der Waals surface area contributed by atoms with Gasteiger partial charge in [0.1, 0.15) is 0 Å². The minimum Gasteiger partial charge on any atom is -0.393 e. The van der Waals surface area contributed by atoms with E-state index >= 15 is 0 Å². The molecule has 0 aliphatic heterocycles. The van der Waals surface area contributed by atoms with Crippen molar-refractivity contribution in [2.75, 3.05) is 6.54 Å². The van der Waals surface area contributed by atoms with E-state index in [9.17, 15) is 0 Å². The van der Waals surface area contributed by atoms with E-state index in [1.165, 1.54) is 0 Å². The quantitative estimate of drug-likeness (QED) is 0.535. The first-order valence-electron chi connectivity index (χ1n) is 4.32. The predicted octanol–water partition coefficient (Wildman–Crippen LogP) is -0.130. The van der Waals surface area contributed by atoms with Crippen molar-refractivity contribution in [2.24, 2.45) is 0 Å². The van der Waals surface area contributed by atoms with Crippen LogP contribution in [-0.2, 0) is 0 Å². The van der Waals surface area contributed by atoms with Gasteiger partial charge in [0, 0.05) is 12.6 Å². The van der Waals surface area contributed by atoms with Gasteiger partial charge in [0.25, 0.3) is 0 Å². The monoisotopic (exact) mass is 159 g/mol. The molecule has 0 aromatic heterocycles. The standard InChI is InChI=1S/C8H17NO2/c1-2-7(10)5-9-6-3-8(11)4-6/h6-11H,2-5H2,1H3. The average Bonchev–Trinajstić information content (AvgIpc) is 1.95. The summed E-state index contributed by atoms with van der Waals surface area (Å²) in [6.07, 6.45) is 2.15. The molecular weight excluding hydrogens is 142 g/mol. The van der Waals surface area contributed by atoms with E-state index in [1.807, 2.05) is 6.92 Å². The molecule has 1 aliphatic rings. The molecule has 1 atom stereocenters. The second kappa shape index (κ2) is 4.04. The first-order chi connectivity index (χ1) is 5.22. The van der Waals surface area contributed by atoms with Gasteiger partial charge in [-0.25, -0.2) is 0 Å². The third kappa shape index (κ3) is 2.77.